The van der Waals surface area contributed by atoms with Gasteiger partial charge in [0.15, 0.2) is 11.6 Å². The number of aliphatic hydroxyl groups excluding tert-OH is 1. The van der Waals surface area contributed by atoms with Gasteiger partial charge in [-0.15, -0.1) is 10.2 Å². The fraction of sp³-hybridized carbons (Fsp3) is 0.250. The Morgan fingerprint density at radius 2 is 1.88 bits per heavy atom. The summed E-state index contributed by atoms with van der Waals surface area (Å²) in [5, 5.41) is 20.4. The highest BCUT2D eigenvalue weighted by atomic mass is 16.5. The third-order valence-electron chi connectivity index (χ3n) is 3.31. The molecule has 0 aliphatic heterocycles. The minimum absolute atomic E-state index is 0.141. The number of likely N-dealkylation sites (N-methyl/N-ethyl adjacent to an activating group) is 1. The van der Waals surface area contributed by atoms with E-state index in [0.29, 0.717) is 11.4 Å². The number of hydrogen-bond acceptors (Lipinski definition) is 9. The molecular weight excluding hydrogens is 324 g/mol. The van der Waals surface area contributed by atoms with Crippen molar-refractivity contribution in [2.24, 2.45) is 10.2 Å². The van der Waals surface area contributed by atoms with Crippen LogP contribution in [-0.4, -0.2) is 35.3 Å². The third kappa shape index (κ3) is 4.72. The molecule has 0 saturated carbocycles. The van der Waals surface area contributed by atoms with Gasteiger partial charge < -0.3 is 26.6 Å². The SMILES string of the molecule is CN[C@@H](C(=O)Oc1ccccc1/N=N/c1ccc(N)nc1N)[C@H](C)O. The lowest BCUT2D eigenvalue weighted by atomic mass is 10.2. The number of carbonyl (C=O) groups excluding carboxylic acids is 1. The highest BCUT2D eigenvalue weighted by molar-refractivity contribution is 5.80. The maximum Gasteiger partial charge on any atom is 0.331 e. The van der Waals surface area contributed by atoms with Crippen molar-refractivity contribution in [3.05, 3.63) is 36.4 Å². The van der Waals surface area contributed by atoms with Crippen molar-refractivity contribution in [2.75, 3.05) is 18.5 Å². The number of anilines is 2. The van der Waals surface area contributed by atoms with Gasteiger partial charge in [-0.25, -0.2) is 9.78 Å². The molecule has 0 fully saturated rings. The molecule has 1 aromatic carbocycles. The lowest BCUT2D eigenvalue weighted by Crippen LogP contribution is -2.45. The van der Waals surface area contributed by atoms with Crippen LogP contribution in [0.25, 0.3) is 0 Å². The Labute approximate surface area is 144 Å². The fourth-order valence-corrected chi connectivity index (χ4v) is 2.03. The van der Waals surface area contributed by atoms with E-state index in [1.807, 2.05) is 0 Å². The number of esters is 1. The first-order valence-corrected chi connectivity index (χ1v) is 7.52. The number of benzene rings is 1. The van der Waals surface area contributed by atoms with Crippen LogP contribution in [0.15, 0.2) is 46.6 Å². The minimum atomic E-state index is -0.910. The molecule has 9 nitrogen and oxygen atoms in total. The van der Waals surface area contributed by atoms with E-state index in [4.69, 9.17) is 16.2 Å². The van der Waals surface area contributed by atoms with Gasteiger partial charge in [0.1, 0.15) is 23.2 Å². The second-order valence-corrected chi connectivity index (χ2v) is 5.24. The maximum absolute atomic E-state index is 12.1. The molecular formula is C16H20N6O3. The highest BCUT2D eigenvalue weighted by Crippen LogP contribution is 2.30. The van der Waals surface area contributed by atoms with E-state index in [1.54, 1.807) is 43.4 Å². The Kier molecular flexibility index (Phi) is 5.98. The molecule has 2 rings (SSSR count). The number of para-hydroxylation sites is 1. The molecule has 0 aliphatic rings. The molecule has 1 heterocycles. The van der Waals surface area contributed by atoms with E-state index < -0.39 is 18.1 Å². The van der Waals surface area contributed by atoms with E-state index in [2.05, 4.69) is 20.5 Å². The molecule has 0 saturated heterocycles. The van der Waals surface area contributed by atoms with E-state index in [1.165, 1.54) is 6.92 Å². The zero-order valence-corrected chi connectivity index (χ0v) is 13.9. The number of nitrogen functional groups attached to an aromatic ring is 2. The van der Waals surface area contributed by atoms with Crippen molar-refractivity contribution < 1.29 is 14.6 Å². The summed E-state index contributed by atoms with van der Waals surface area (Å²) in [6.45, 7) is 1.49. The van der Waals surface area contributed by atoms with Gasteiger partial charge >= 0.3 is 5.97 Å². The summed E-state index contributed by atoms with van der Waals surface area (Å²) in [5.74, 6) is -0.00229. The van der Waals surface area contributed by atoms with Crippen LogP contribution in [0.3, 0.4) is 0 Å². The summed E-state index contributed by atoms with van der Waals surface area (Å²) < 4.78 is 5.32. The third-order valence-corrected chi connectivity index (χ3v) is 3.31. The van der Waals surface area contributed by atoms with Gasteiger partial charge in [-0.3, -0.25) is 0 Å². The molecule has 0 radical (unpaired) electrons. The van der Waals surface area contributed by atoms with Crippen LogP contribution in [-0.2, 0) is 4.79 Å². The Balaban J connectivity index is 2.23. The van der Waals surface area contributed by atoms with Gasteiger partial charge in [0, 0.05) is 0 Å². The molecule has 6 N–H and O–H groups in total. The van der Waals surface area contributed by atoms with Crippen molar-refractivity contribution in [3.8, 4) is 5.75 Å². The van der Waals surface area contributed by atoms with E-state index in [-0.39, 0.29) is 17.4 Å². The molecule has 0 aliphatic carbocycles. The number of carbonyl (C=O) groups is 1. The first kappa shape index (κ1) is 18.3. The summed E-state index contributed by atoms with van der Waals surface area (Å²) in [6, 6.07) is 8.90. The second-order valence-electron chi connectivity index (χ2n) is 5.24. The lowest BCUT2D eigenvalue weighted by molar-refractivity contribution is -0.139. The first-order chi connectivity index (χ1) is 11.9. The summed E-state index contributed by atoms with van der Waals surface area (Å²) in [4.78, 5) is 16.0. The number of nitrogens with two attached hydrogens (primary N) is 2. The van der Waals surface area contributed by atoms with Crippen LogP contribution in [0.1, 0.15) is 6.92 Å². The maximum atomic E-state index is 12.1. The highest BCUT2D eigenvalue weighted by Gasteiger charge is 2.24. The van der Waals surface area contributed by atoms with Gasteiger partial charge in [-0.05, 0) is 38.2 Å². The fourth-order valence-electron chi connectivity index (χ4n) is 2.03. The summed E-state index contributed by atoms with van der Waals surface area (Å²) in [7, 11) is 1.56. The summed E-state index contributed by atoms with van der Waals surface area (Å²) in [5.41, 5.74) is 11.9. The first-order valence-electron chi connectivity index (χ1n) is 7.52. The predicted octanol–water partition coefficient (Wildman–Crippen LogP) is 1.54. The van der Waals surface area contributed by atoms with E-state index in [9.17, 15) is 9.90 Å². The summed E-state index contributed by atoms with van der Waals surface area (Å²) in [6.07, 6.45) is -0.910. The average molecular weight is 344 g/mol. The van der Waals surface area contributed by atoms with E-state index in [0.717, 1.165) is 0 Å². The molecule has 0 unspecified atom stereocenters. The quantitative estimate of drug-likeness (QED) is 0.353. The number of azo groups is 1. The van der Waals surface area contributed by atoms with Gasteiger partial charge in [-0.2, -0.15) is 0 Å². The molecule has 0 bridgehead atoms. The molecule has 132 valence electrons. The molecule has 2 aromatic rings. The van der Waals surface area contributed by atoms with Gasteiger partial charge in [0.25, 0.3) is 0 Å². The average Bonchev–Trinajstić information content (AvgIpc) is 2.55. The normalized spacial score (nSPS) is 13.6. The summed E-state index contributed by atoms with van der Waals surface area (Å²) >= 11 is 0. The van der Waals surface area contributed by atoms with Crippen LogP contribution in [0.2, 0.25) is 0 Å². The minimum Gasteiger partial charge on any atom is -0.423 e. The van der Waals surface area contributed by atoms with Crippen molar-refractivity contribution in [1.82, 2.24) is 10.3 Å². The van der Waals surface area contributed by atoms with Crippen molar-refractivity contribution in [1.29, 1.82) is 0 Å². The standard InChI is InChI=1S/C16H20N6O3/c1-9(23)14(19-2)16(24)25-12-6-4-3-5-10(12)21-22-11-7-8-13(17)20-15(11)18/h3-9,14,19,23H,1-2H3,(H4,17,18,20)/b22-21+/t9-,14+/m0/s1. The number of nitrogens with one attached hydrogen (secondary N) is 1. The Morgan fingerprint density at radius 3 is 2.52 bits per heavy atom. The number of ether oxygens (including phenoxy) is 1. The van der Waals surface area contributed by atoms with Crippen LogP contribution in [0.5, 0.6) is 5.75 Å². The van der Waals surface area contributed by atoms with E-state index >= 15 is 0 Å². The Morgan fingerprint density at radius 1 is 1.20 bits per heavy atom. The number of aromatic nitrogens is 1. The Bertz CT molecular complexity index is 778. The topological polar surface area (TPSA) is 148 Å². The second kappa shape index (κ2) is 8.18. The molecule has 2 atom stereocenters. The monoisotopic (exact) mass is 344 g/mol. The molecule has 0 amide bonds. The molecule has 0 spiro atoms. The molecule has 9 heteroatoms. The zero-order valence-electron chi connectivity index (χ0n) is 13.9. The molecule has 1 aromatic heterocycles. The predicted molar refractivity (Wildman–Crippen MR) is 93.8 cm³/mol. The van der Waals surface area contributed by atoms with Crippen LogP contribution in [0, 0.1) is 0 Å². The van der Waals surface area contributed by atoms with Crippen molar-refractivity contribution in [2.45, 2.75) is 19.1 Å². The smallest absolute Gasteiger partial charge is 0.331 e. The van der Waals surface area contributed by atoms with Gasteiger partial charge in [0.05, 0.1) is 6.10 Å². The van der Waals surface area contributed by atoms with Crippen molar-refractivity contribution >= 4 is 29.0 Å². The number of pyridine rings is 1. The van der Waals surface area contributed by atoms with Gasteiger partial charge in [0.2, 0.25) is 0 Å². The lowest BCUT2D eigenvalue weighted by Gasteiger charge is -2.17. The largest absolute Gasteiger partial charge is 0.423 e. The number of aliphatic hydroxyl groups is 1. The Hall–Kier alpha value is -3.04. The molecule has 25 heavy (non-hydrogen) atoms. The van der Waals surface area contributed by atoms with Crippen LogP contribution >= 0.6 is 0 Å². The zero-order chi connectivity index (χ0) is 18.4. The number of rotatable bonds is 6. The van der Waals surface area contributed by atoms with Crippen LogP contribution in [0.4, 0.5) is 23.0 Å². The van der Waals surface area contributed by atoms with Crippen LogP contribution < -0.4 is 21.5 Å². The van der Waals surface area contributed by atoms with Gasteiger partial charge in [-0.1, -0.05) is 12.1 Å². The number of nitrogens with zero attached hydrogens (tertiary/aromatic N) is 3. The number of hydrogen-bond donors (Lipinski definition) is 4. The van der Waals surface area contributed by atoms with Crippen molar-refractivity contribution in [3.63, 3.8) is 0 Å².